The Balaban J connectivity index is 3.06. The van der Waals surface area contributed by atoms with Crippen molar-refractivity contribution in [2.75, 3.05) is 0 Å². The molecule has 0 spiro atoms. The lowest BCUT2D eigenvalue weighted by Crippen LogP contribution is -2.43. The molecule has 0 aromatic rings. The third kappa shape index (κ3) is 2.10. The molecule has 0 aromatic heterocycles. The predicted molar refractivity (Wildman–Crippen MR) is 70.2 cm³/mol. The van der Waals surface area contributed by atoms with Gasteiger partial charge in [0.05, 0.1) is 0 Å². The van der Waals surface area contributed by atoms with E-state index in [1.807, 2.05) is 12.2 Å². The number of allylic oxidation sites excluding steroid dienone is 2. The van der Waals surface area contributed by atoms with Crippen LogP contribution in [-0.2, 0) is 0 Å². The predicted octanol–water partition coefficient (Wildman–Crippen LogP) is 3.94. The van der Waals surface area contributed by atoms with Crippen molar-refractivity contribution >= 4 is 0 Å². The molecule has 1 heteroatoms. The first-order chi connectivity index (χ1) is 6.91. The molecule has 1 aliphatic carbocycles. The lowest BCUT2D eigenvalue weighted by molar-refractivity contribution is 0.0248. The van der Waals surface area contributed by atoms with Crippen LogP contribution >= 0.6 is 0 Å². The van der Waals surface area contributed by atoms with Crippen LogP contribution in [0.5, 0.6) is 0 Å². The Morgan fingerprint density at radius 3 is 1.38 bits per heavy atom. The molecule has 0 atom stereocenters. The fourth-order valence-electron chi connectivity index (χ4n) is 1.71. The van der Waals surface area contributed by atoms with Crippen LogP contribution in [0.2, 0.25) is 0 Å². The van der Waals surface area contributed by atoms with Crippen molar-refractivity contribution in [1.82, 2.24) is 0 Å². The number of hydrogen-bond acceptors (Lipinski definition) is 1. The van der Waals surface area contributed by atoms with Crippen molar-refractivity contribution in [3.63, 3.8) is 0 Å². The molecule has 0 aromatic carbocycles. The second-order valence-corrected chi connectivity index (χ2v) is 7.27. The molecule has 1 aliphatic rings. The zero-order chi connectivity index (χ0) is 12.8. The number of aliphatic hydroxyl groups is 1. The fraction of sp³-hybridized carbons (Fsp3) is 0.733. The van der Waals surface area contributed by atoms with Crippen molar-refractivity contribution in [2.45, 2.75) is 54.1 Å². The molecule has 92 valence electrons. The Bertz CT molecular complexity index is 274. The first-order valence-corrected chi connectivity index (χ1v) is 6.04. The van der Waals surface area contributed by atoms with E-state index in [9.17, 15) is 5.11 Å². The van der Waals surface area contributed by atoms with E-state index in [1.54, 1.807) is 0 Å². The molecular formula is C15H26O. The number of hydrogen-bond donors (Lipinski definition) is 1. The van der Waals surface area contributed by atoms with E-state index in [0.717, 1.165) is 0 Å². The largest absolute Gasteiger partial charge is 0.381 e. The third-order valence-corrected chi connectivity index (χ3v) is 4.18. The van der Waals surface area contributed by atoms with Crippen molar-refractivity contribution in [3.05, 3.63) is 24.3 Å². The molecule has 1 rings (SSSR count). The fourth-order valence-corrected chi connectivity index (χ4v) is 1.71. The Hall–Kier alpha value is -0.560. The Kier molecular flexibility index (Phi) is 2.92. The third-order valence-electron chi connectivity index (χ3n) is 4.18. The van der Waals surface area contributed by atoms with E-state index in [4.69, 9.17) is 0 Å². The van der Waals surface area contributed by atoms with Gasteiger partial charge in [-0.2, -0.15) is 0 Å². The maximum Gasteiger partial charge on any atom is 0.106 e. The average Bonchev–Trinajstić information content (AvgIpc) is 2.07. The van der Waals surface area contributed by atoms with Gasteiger partial charge in [-0.1, -0.05) is 72.8 Å². The van der Waals surface area contributed by atoms with E-state index in [0.29, 0.717) is 0 Å². The van der Waals surface area contributed by atoms with Gasteiger partial charge in [-0.05, 0) is 10.8 Å². The zero-order valence-electron chi connectivity index (χ0n) is 11.8. The molecule has 16 heavy (non-hydrogen) atoms. The molecule has 0 saturated carbocycles. The summed E-state index contributed by atoms with van der Waals surface area (Å²) in [6.07, 6.45) is 8.22. The first-order valence-electron chi connectivity index (χ1n) is 6.04. The maximum absolute atomic E-state index is 10.5. The van der Waals surface area contributed by atoms with E-state index in [-0.39, 0.29) is 16.2 Å². The minimum atomic E-state index is -0.822. The average molecular weight is 222 g/mol. The molecule has 0 fully saturated rings. The van der Waals surface area contributed by atoms with Gasteiger partial charge in [-0.25, -0.2) is 0 Å². The van der Waals surface area contributed by atoms with Crippen LogP contribution in [0.25, 0.3) is 0 Å². The lowest BCUT2D eigenvalue weighted by atomic mass is 9.62. The van der Waals surface area contributed by atoms with Crippen LogP contribution < -0.4 is 0 Å². The molecule has 0 saturated heterocycles. The molecule has 0 radical (unpaired) electrons. The standard InChI is InChI=1S/C15H26O/c1-12(2,3)14(7)8-10-15(16,11-9-14)13(4,5)6/h8-11,16H,1-7H3. The van der Waals surface area contributed by atoms with E-state index in [1.165, 1.54) is 0 Å². The van der Waals surface area contributed by atoms with E-state index >= 15 is 0 Å². The van der Waals surface area contributed by atoms with Crippen LogP contribution in [0.1, 0.15) is 48.5 Å². The molecule has 0 unspecified atom stereocenters. The Morgan fingerprint density at radius 2 is 1.12 bits per heavy atom. The quantitative estimate of drug-likeness (QED) is 0.615. The summed E-state index contributed by atoms with van der Waals surface area (Å²) in [5, 5.41) is 10.5. The summed E-state index contributed by atoms with van der Waals surface area (Å²) in [5.41, 5.74) is -0.805. The monoisotopic (exact) mass is 222 g/mol. The minimum absolute atomic E-state index is 0.0183. The summed E-state index contributed by atoms with van der Waals surface area (Å²) in [4.78, 5) is 0. The summed E-state index contributed by atoms with van der Waals surface area (Å²) in [5.74, 6) is 0. The summed E-state index contributed by atoms with van der Waals surface area (Å²) >= 11 is 0. The molecule has 1 nitrogen and oxygen atoms in total. The SMILES string of the molecule is CC(C)(C)C1(C)C=CC(O)(C(C)(C)C)C=C1. The zero-order valence-corrected chi connectivity index (χ0v) is 11.8. The van der Waals surface area contributed by atoms with Crippen LogP contribution in [-0.4, -0.2) is 10.7 Å². The van der Waals surface area contributed by atoms with Gasteiger partial charge in [-0.3, -0.25) is 0 Å². The van der Waals surface area contributed by atoms with Gasteiger partial charge in [0, 0.05) is 5.41 Å². The van der Waals surface area contributed by atoms with Gasteiger partial charge < -0.3 is 5.11 Å². The maximum atomic E-state index is 10.5. The highest BCUT2D eigenvalue weighted by Crippen LogP contribution is 2.46. The second-order valence-electron chi connectivity index (χ2n) is 7.27. The van der Waals surface area contributed by atoms with Crippen LogP contribution in [0.3, 0.4) is 0 Å². The van der Waals surface area contributed by atoms with Gasteiger partial charge in [0.1, 0.15) is 5.60 Å². The van der Waals surface area contributed by atoms with Gasteiger partial charge in [0.2, 0.25) is 0 Å². The second kappa shape index (κ2) is 3.46. The summed E-state index contributed by atoms with van der Waals surface area (Å²) in [7, 11) is 0. The number of rotatable bonds is 0. The van der Waals surface area contributed by atoms with Crippen molar-refractivity contribution in [1.29, 1.82) is 0 Å². The molecule has 0 heterocycles. The lowest BCUT2D eigenvalue weighted by Gasteiger charge is -2.44. The molecule has 0 aliphatic heterocycles. The highest BCUT2D eigenvalue weighted by atomic mass is 16.3. The van der Waals surface area contributed by atoms with Gasteiger partial charge in [0.25, 0.3) is 0 Å². The van der Waals surface area contributed by atoms with E-state index < -0.39 is 5.60 Å². The highest BCUT2D eigenvalue weighted by molar-refractivity contribution is 5.30. The van der Waals surface area contributed by atoms with Crippen molar-refractivity contribution in [3.8, 4) is 0 Å². The summed E-state index contributed by atoms with van der Waals surface area (Å²) < 4.78 is 0. The highest BCUT2D eigenvalue weighted by Gasteiger charge is 2.42. The molecular weight excluding hydrogens is 196 g/mol. The summed E-state index contributed by atoms with van der Waals surface area (Å²) in [6, 6.07) is 0. The summed E-state index contributed by atoms with van der Waals surface area (Å²) in [6.45, 7) is 15.1. The molecule has 1 N–H and O–H groups in total. The van der Waals surface area contributed by atoms with Crippen molar-refractivity contribution < 1.29 is 5.11 Å². The van der Waals surface area contributed by atoms with Crippen molar-refractivity contribution in [2.24, 2.45) is 16.2 Å². The normalized spacial score (nSPS) is 35.5. The smallest absolute Gasteiger partial charge is 0.106 e. The molecule has 0 bridgehead atoms. The molecule has 0 amide bonds. The van der Waals surface area contributed by atoms with Gasteiger partial charge in [-0.15, -0.1) is 0 Å². The first kappa shape index (κ1) is 13.5. The van der Waals surface area contributed by atoms with Gasteiger partial charge in [0.15, 0.2) is 0 Å². The van der Waals surface area contributed by atoms with E-state index in [2.05, 4.69) is 60.6 Å². The van der Waals surface area contributed by atoms with Crippen LogP contribution in [0.4, 0.5) is 0 Å². The Labute approximate surface area is 100 Å². The van der Waals surface area contributed by atoms with Crippen LogP contribution in [0.15, 0.2) is 24.3 Å². The topological polar surface area (TPSA) is 20.2 Å². The van der Waals surface area contributed by atoms with Gasteiger partial charge >= 0.3 is 0 Å². The minimum Gasteiger partial charge on any atom is -0.381 e. The Morgan fingerprint density at radius 1 is 0.750 bits per heavy atom. The van der Waals surface area contributed by atoms with Crippen LogP contribution in [0, 0.1) is 16.2 Å².